The zero-order chi connectivity index (χ0) is 30.4. The molecule has 2 aromatic heterocycles. The summed E-state index contributed by atoms with van der Waals surface area (Å²) in [7, 11) is 0. The SMILES string of the molecule is C=NC(=C)/C(F)=C\C[C@H](C(C)Cl)n1ncc(C(=O)NCc2c(C)cc(NC(=O)OC(C)(C)C)nc2C)c1C(N)=O. The number of primary amides is 1. The van der Waals surface area contributed by atoms with E-state index in [1.165, 1.54) is 17.0 Å². The van der Waals surface area contributed by atoms with E-state index in [0.29, 0.717) is 17.1 Å². The maximum absolute atomic E-state index is 14.2. The fourth-order valence-electron chi connectivity index (χ4n) is 3.79. The van der Waals surface area contributed by atoms with Gasteiger partial charge < -0.3 is 15.8 Å². The van der Waals surface area contributed by atoms with Gasteiger partial charge in [-0.25, -0.2) is 14.2 Å². The second-order valence-corrected chi connectivity index (χ2v) is 10.7. The van der Waals surface area contributed by atoms with Crippen molar-refractivity contribution in [2.75, 3.05) is 5.32 Å². The van der Waals surface area contributed by atoms with E-state index in [2.05, 4.69) is 39.0 Å². The highest BCUT2D eigenvalue weighted by molar-refractivity contribution is 6.20. The predicted molar refractivity (Wildman–Crippen MR) is 152 cm³/mol. The fourth-order valence-corrected chi connectivity index (χ4v) is 4.00. The number of aromatic nitrogens is 3. The van der Waals surface area contributed by atoms with Crippen LogP contribution in [0.4, 0.5) is 15.0 Å². The first-order chi connectivity index (χ1) is 18.5. The molecule has 13 heteroatoms. The number of ether oxygens (including phenoxy) is 1. The standard InChI is InChI=1S/C27H35ClFN7O4/c1-14-11-22(35-26(39)40-27(5,6)7)34-16(3)18(14)12-32-25(38)19-13-33-36(23(19)24(30)37)21(15(2)28)10-9-20(29)17(4)31-8/h9,11,13,15,21H,4,8,10,12H2,1-3,5-7H3,(H2,30,37)(H,32,38)(H,34,35,39)/b20-9+/t15?,21-/m1/s1. The number of nitrogens with two attached hydrogens (primary N) is 1. The number of halogens is 2. The molecule has 0 bridgehead atoms. The summed E-state index contributed by atoms with van der Waals surface area (Å²) in [5, 5.41) is 8.90. The molecule has 0 radical (unpaired) electrons. The van der Waals surface area contributed by atoms with Crippen LogP contribution in [0.2, 0.25) is 0 Å². The summed E-state index contributed by atoms with van der Waals surface area (Å²) >= 11 is 6.33. The Morgan fingerprint density at radius 2 is 1.98 bits per heavy atom. The highest BCUT2D eigenvalue weighted by Crippen LogP contribution is 2.26. The van der Waals surface area contributed by atoms with Crippen LogP contribution in [0.25, 0.3) is 0 Å². The maximum atomic E-state index is 14.2. The average molecular weight is 576 g/mol. The van der Waals surface area contributed by atoms with Crippen molar-refractivity contribution in [2.24, 2.45) is 10.7 Å². The molecule has 2 rings (SSSR count). The van der Waals surface area contributed by atoms with Crippen LogP contribution in [0.5, 0.6) is 0 Å². The summed E-state index contributed by atoms with van der Waals surface area (Å²) in [5.41, 5.74) is 6.59. The number of rotatable bonds is 11. The molecule has 0 saturated carbocycles. The van der Waals surface area contributed by atoms with Gasteiger partial charge in [-0.2, -0.15) is 5.10 Å². The van der Waals surface area contributed by atoms with Gasteiger partial charge in [0.05, 0.1) is 28.9 Å². The number of aryl methyl sites for hydroxylation is 2. The molecule has 0 fully saturated rings. The molecule has 3 amide bonds. The van der Waals surface area contributed by atoms with Crippen molar-refractivity contribution in [3.8, 4) is 0 Å². The third kappa shape index (κ3) is 8.47. The Kier molecular flexibility index (Phi) is 10.7. The van der Waals surface area contributed by atoms with Gasteiger partial charge in [-0.05, 0) is 78.0 Å². The number of hydrogen-bond donors (Lipinski definition) is 3. The monoisotopic (exact) mass is 575 g/mol. The molecule has 2 heterocycles. The molecule has 2 aromatic rings. The van der Waals surface area contributed by atoms with Crippen molar-refractivity contribution in [3.63, 3.8) is 0 Å². The molecule has 0 spiro atoms. The number of nitrogens with zero attached hydrogens (tertiary/aromatic N) is 4. The van der Waals surface area contributed by atoms with E-state index in [1.54, 1.807) is 47.6 Å². The lowest BCUT2D eigenvalue weighted by Crippen LogP contribution is -2.30. The van der Waals surface area contributed by atoms with E-state index in [9.17, 15) is 18.8 Å². The van der Waals surface area contributed by atoms with Crippen LogP contribution in [0.3, 0.4) is 0 Å². The van der Waals surface area contributed by atoms with Crippen LogP contribution in [-0.2, 0) is 11.3 Å². The van der Waals surface area contributed by atoms with Gasteiger partial charge in [0.2, 0.25) is 0 Å². The normalized spacial score (nSPS) is 13.2. The van der Waals surface area contributed by atoms with E-state index < -0.39 is 40.8 Å². The van der Waals surface area contributed by atoms with Gasteiger partial charge in [0.25, 0.3) is 11.8 Å². The molecule has 4 N–H and O–H groups in total. The largest absolute Gasteiger partial charge is 0.444 e. The Balaban J connectivity index is 2.26. The van der Waals surface area contributed by atoms with Gasteiger partial charge >= 0.3 is 6.09 Å². The number of carbonyl (C=O) groups excluding carboxylic acids is 3. The summed E-state index contributed by atoms with van der Waals surface area (Å²) in [4.78, 5) is 45.4. The lowest BCUT2D eigenvalue weighted by Gasteiger charge is -2.21. The number of anilines is 1. The van der Waals surface area contributed by atoms with E-state index in [1.807, 2.05) is 0 Å². The van der Waals surface area contributed by atoms with E-state index >= 15 is 0 Å². The van der Waals surface area contributed by atoms with Crippen LogP contribution in [0, 0.1) is 13.8 Å². The molecule has 216 valence electrons. The average Bonchev–Trinajstić information content (AvgIpc) is 3.26. The lowest BCUT2D eigenvalue weighted by molar-refractivity contribution is 0.0635. The molecule has 0 aromatic carbocycles. The summed E-state index contributed by atoms with van der Waals surface area (Å²) in [5.74, 6) is -1.91. The van der Waals surface area contributed by atoms with E-state index in [4.69, 9.17) is 22.1 Å². The number of hydrogen-bond acceptors (Lipinski definition) is 7. The smallest absolute Gasteiger partial charge is 0.413 e. The van der Waals surface area contributed by atoms with Gasteiger partial charge in [-0.3, -0.25) is 24.6 Å². The molecule has 0 aliphatic carbocycles. The zero-order valence-electron chi connectivity index (χ0n) is 23.5. The molecule has 1 unspecified atom stereocenters. The third-order valence-electron chi connectivity index (χ3n) is 5.73. The van der Waals surface area contributed by atoms with Crippen molar-refractivity contribution >= 4 is 42.0 Å². The van der Waals surface area contributed by atoms with Gasteiger partial charge in [-0.1, -0.05) is 6.58 Å². The van der Waals surface area contributed by atoms with Crippen molar-refractivity contribution < 1.29 is 23.5 Å². The molecule has 0 aliphatic heterocycles. The van der Waals surface area contributed by atoms with Crippen LogP contribution >= 0.6 is 11.6 Å². The van der Waals surface area contributed by atoms with E-state index in [0.717, 1.165) is 5.56 Å². The van der Waals surface area contributed by atoms with Crippen LogP contribution in [0.15, 0.2) is 41.4 Å². The summed E-state index contributed by atoms with van der Waals surface area (Å²) in [6.07, 6.45) is 1.78. The van der Waals surface area contributed by atoms with Gasteiger partial charge in [0, 0.05) is 12.2 Å². The first kappa shape index (κ1) is 32.2. The topological polar surface area (TPSA) is 154 Å². The van der Waals surface area contributed by atoms with Crippen LogP contribution in [-0.4, -0.2) is 50.4 Å². The molecule has 0 saturated heterocycles. The molecular weight excluding hydrogens is 541 g/mol. The maximum Gasteiger partial charge on any atom is 0.413 e. The van der Waals surface area contributed by atoms with Crippen molar-refractivity contribution in [1.29, 1.82) is 0 Å². The Morgan fingerprint density at radius 1 is 1.32 bits per heavy atom. The number of alkyl halides is 1. The number of allylic oxidation sites excluding steroid dienone is 2. The number of aliphatic imine (C=N–C) groups is 1. The molecule has 40 heavy (non-hydrogen) atoms. The number of amides is 3. The molecule has 11 nitrogen and oxygen atoms in total. The minimum Gasteiger partial charge on any atom is -0.444 e. The Labute approximate surface area is 237 Å². The highest BCUT2D eigenvalue weighted by atomic mass is 35.5. The Hall–Kier alpha value is -4.06. The van der Waals surface area contributed by atoms with Gasteiger partial charge in [-0.15, -0.1) is 11.6 Å². The quantitative estimate of drug-likeness (QED) is 0.197. The Morgan fingerprint density at radius 3 is 2.50 bits per heavy atom. The molecule has 2 atom stereocenters. The second-order valence-electron chi connectivity index (χ2n) is 10.1. The Bertz CT molecular complexity index is 1320. The van der Waals surface area contributed by atoms with Gasteiger partial charge in [0.15, 0.2) is 0 Å². The summed E-state index contributed by atoms with van der Waals surface area (Å²) < 4.78 is 20.6. The molecular formula is C27H35ClFN7O4. The predicted octanol–water partition coefficient (Wildman–Crippen LogP) is 4.90. The number of nitrogens with one attached hydrogen (secondary N) is 2. The minimum atomic E-state index is -0.904. The first-order valence-electron chi connectivity index (χ1n) is 12.3. The van der Waals surface area contributed by atoms with Crippen molar-refractivity contribution in [3.05, 3.63) is 64.5 Å². The number of pyridine rings is 1. The molecule has 0 aliphatic rings. The van der Waals surface area contributed by atoms with Crippen molar-refractivity contribution in [1.82, 2.24) is 20.1 Å². The minimum absolute atomic E-state index is 0.0157. The summed E-state index contributed by atoms with van der Waals surface area (Å²) in [6.45, 7) is 17.2. The zero-order valence-corrected chi connectivity index (χ0v) is 24.2. The first-order valence-corrected chi connectivity index (χ1v) is 12.8. The van der Waals surface area contributed by atoms with Crippen molar-refractivity contribution in [2.45, 2.75) is 71.5 Å². The van der Waals surface area contributed by atoms with Crippen LogP contribution < -0.4 is 16.4 Å². The summed E-state index contributed by atoms with van der Waals surface area (Å²) in [6, 6.07) is 0.939. The second kappa shape index (κ2) is 13.3. The van der Waals surface area contributed by atoms with Crippen LogP contribution in [0.1, 0.15) is 77.8 Å². The fraction of sp³-hybridized carbons (Fsp3) is 0.407. The lowest BCUT2D eigenvalue weighted by atomic mass is 10.1. The van der Waals surface area contributed by atoms with E-state index in [-0.39, 0.29) is 29.9 Å². The third-order valence-corrected chi connectivity index (χ3v) is 6.02. The highest BCUT2D eigenvalue weighted by Gasteiger charge is 2.28. The van der Waals surface area contributed by atoms with Gasteiger partial charge in [0.1, 0.15) is 22.9 Å². The number of carbonyl (C=O) groups is 3.